The Bertz CT molecular complexity index is 242. The highest BCUT2D eigenvalue weighted by molar-refractivity contribution is 5.73. The van der Waals surface area contributed by atoms with Gasteiger partial charge in [0.2, 0.25) is 0 Å². The van der Waals surface area contributed by atoms with Crippen molar-refractivity contribution in [2.45, 2.75) is 40.0 Å². The number of carboxylic acids is 1. The molecule has 0 aliphatic carbocycles. The van der Waals surface area contributed by atoms with Gasteiger partial charge in [-0.1, -0.05) is 20.8 Å². The normalized spacial score (nSPS) is 12.2. The van der Waals surface area contributed by atoms with E-state index < -0.39 is 5.97 Å². The van der Waals surface area contributed by atoms with Gasteiger partial charge in [0.15, 0.2) is 0 Å². The van der Waals surface area contributed by atoms with Crippen LogP contribution in [0.1, 0.15) is 40.0 Å². The Morgan fingerprint density at radius 3 is 2.29 bits per heavy atom. The molecule has 0 saturated carbocycles. The number of rotatable bonds is 8. The van der Waals surface area contributed by atoms with Crippen molar-refractivity contribution in [3.8, 4) is 0 Å². The maximum atomic E-state index is 11.3. The number of nitrogens with one attached hydrogen (secondary N) is 2. The molecule has 0 rings (SSSR count). The van der Waals surface area contributed by atoms with E-state index in [1.54, 1.807) is 0 Å². The molecule has 0 aromatic carbocycles. The highest BCUT2D eigenvalue weighted by Gasteiger charge is 2.07. The van der Waals surface area contributed by atoms with Crippen molar-refractivity contribution in [1.29, 1.82) is 0 Å². The lowest BCUT2D eigenvalue weighted by atomic mass is 10.1. The molecule has 0 aromatic heterocycles. The van der Waals surface area contributed by atoms with E-state index in [9.17, 15) is 9.59 Å². The standard InChI is InChI=1S/C12H24N2O3/c1-9(2)6-7-13-12(17)14-8-10(3)4-5-11(15)16/h9-10H,4-8H2,1-3H3,(H,15,16)(H2,13,14,17). The van der Waals surface area contributed by atoms with Gasteiger partial charge in [0, 0.05) is 19.5 Å². The first kappa shape index (κ1) is 15.7. The van der Waals surface area contributed by atoms with Gasteiger partial charge in [0.05, 0.1) is 0 Å². The Labute approximate surface area is 103 Å². The molecule has 100 valence electrons. The fraction of sp³-hybridized carbons (Fsp3) is 0.833. The molecule has 1 atom stereocenters. The number of hydrogen-bond acceptors (Lipinski definition) is 2. The predicted octanol–water partition coefficient (Wildman–Crippen LogP) is 1.83. The minimum Gasteiger partial charge on any atom is -0.481 e. The highest BCUT2D eigenvalue weighted by atomic mass is 16.4. The Kier molecular flexibility index (Phi) is 8.19. The third-order valence-corrected chi connectivity index (χ3v) is 2.47. The van der Waals surface area contributed by atoms with Crippen LogP contribution in [0, 0.1) is 11.8 Å². The Hall–Kier alpha value is -1.26. The largest absolute Gasteiger partial charge is 0.481 e. The minimum absolute atomic E-state index is 0.151. The number of carbonyl (C=O) groups is 2. The fourth-order valence-corrected chi connectivity index (χ4v) is 1.28. The number of urea groups is 1. The van der Waals surface area contributed by atoms with E-state index in [-0.39, 0.29) is 18.4 Å². The third-order valence-electron chi connectivity index (χ3n) is 2.47. The molecule has 0 saturated heterocycles. The summed E-state index contributed by atoms with van der Waals surface area (Å²) in [4.78, 5) is 21.7. The summed E-state index contributed by atoms with van der Waals surface area (Å²) in [5, 5.41) is 14.0. The lowest BCUT2D eigenvalue weighted by Crippen LogP contribution is -2.38. The molecule has 0 spiro atoms. The van der Waals surface area contributed by atoms with E-state index in [0.717, 1.165) is 6.42 Å². The molecule has 0 fully saturated rings. The molecule has 0 heterocycles. The highest BCUT2D eigenvalue weighted by Crippen LogP contribution is 2.03. The zero-order valence-corrected chi connectivity index (χ0v) is 11.0. The van der Waals surface area contributed by atoms with E-state index in [4.69, 9.17) is 5.11 Å². The van der Waals surface area contributed by atoms with Gasteiger partial charge >= 0.3 is 12.0 Å². The molecule has 0 bridgehead atoms. The molecular formula is C12H24N2O3. The summed E-state index contributed by atoms with van der Waals surface area (Å²) in [6.07, 6.45) is 1.70. The Morgan fingerprint density at radius 1 is 1.12 bits per heavy atom. The van der Waals surface area contributed by atoms with Crippen molar-refractivity contribution in [3.63, 3.8) is 0 Å². The summed E-state index contributed by atoms with van der Waals surface area (Å²) >= 11 is 0. The van der Waals surface area contributed by atoms with Gasteiger partial charge in [-0.05, 0) is 24.7 Å². The van der Waals surface area contributed by atoms with Gasteiger partial charge in [0.1, 0.15) is 0 Å². The molecule has 5 heteroatoms. The van der Waals surface area contributed by atoms with Crippen LogP contribution < -0.4 is 10.6 Å². The summed E-state index contributed by atoms with van der Waals surface area (Å²) < 4.78 is 0. The first-order chi connectivity index (χ1) is 7.91. The summed E-state index contributed by atoms with van der Waals surface area (Å²) in [5.74, 6) is -0.0371. The smallest absolute Gasteiger partial charge is 0.314 e. The van der Waals surface area contributed by atoms with Crippen LogP contribution in [0.15, 0.2) is 0 Å². The van der Waals surface area contributed by atoms with Gasteiger partial charge < -0.3 is 15.7 Å². The van der Waals surface area contributed by atoms with Gasteiger partial charge in [-0.25, -0.2) is 4.79 Å². The fourth-order valence-electron chi connectivity index (χ4n) is 1.28. The van der Waals surface area contributed by atoms with Crippen LogP contribution >= 0.6 is 0 Å². The molecule has 0 aliphatic rings. The summed E-state index contributed by atoms with van der Waals surface area (Å²) in [6, 6.07) is -0.173. The molecule has 0 radical (unpaired) electrons. The first-order valence-electron chi connectivity index (χ1n) is 6.15. The van der Waals surface area contributed by atoms with Gasteiger partial charge in [-0.2, -0.15) is 0 Å². The SMILES string of the molecule is CC(C)CCNC(=O)NCC(C)CCC(=O)O. The van der Waals surface area contributed by atoms with Gasteiger partial charge in [-0.15, -0.1) is 0 Å². The molecule has 2 amide bonds. The van der Waals surface area contributed by atoms with Crippen LogP contribution in [0.4, 0.5) is 4.79 Å². The molecule has 1 unspecified atom stereocenters. The average molecular weight is 244 g/mol. The number of amides is 2. The third kappa shape index (κ3) is 11.0. The van der Waals surface area contributed by atoms with Gasteiger partial charge in [-0.3, -0.25) is 4.79 Å². The van der Waals surface area contributed by atoms with Crippen molar-refractivity contribution in [1.82, 2.24) is 10.6 Å². The van der Waals surface area contributed by atoms with E-state index in [1.807, 2.05) is 6.92 Å². The average Bonchev–Trinajstić information content (AvgIpc) is 2.23. The first-order valence-corrected chi connectivity index (χ1v) is 6.15. The Balaban J connectivity index is 3.52. The molecule has 17 heavy (non-hydrogen) atoms. The Morgan fingerprint density at radius 2 is 1.76 bits per heavy atom. The number of carbonyl (C=O) groups excluding carboxylic acids is 1. The van der Waals surface area contributed by atoms with Crippen LogP contribution in [0.25, 0.3) is 0 Å². The molecule has 5 nitrogen and oxygen atoms in total. The van der Waals surface area contributed by atoms with Crippen molar-refractivity contribution in [2.75, 3.05) is 13.1 Å². The molecular weight excluding hydrogens is 220 g/mol. The second-order valence-corrected chi connectivity index (χ2v) is 4.86. The van der Waals surface area contributed by atoms with Crippen molar-refractivity contribution < 1.29 is 14.7 Å². The van der Waals surface area contributed by atoms with Crippen LogP contribution in [0.2, 0.25) is 0 Å². The summed E-state index contributed by atoms with van der Waals surface area (Å²) in [7, 11) is 0. The number of carboxylic acid groups (broad SMARTS) is 1. The summed E-state index contributed by atoms with van der Waals surface area (Å²) in [6.45, 7) is 7.33. The van der Waals surface area contributed by atoms with E-state index in [1.165, 1.54) is 0 Å². The van der Waals surface area contributed by atoms with Crippen LogP contribution in [-0.2, 0) is 4.79 Å². The summed E-state index contributed by atoms with van der Waals surface area (Å²) in [5.41, 5.74) is 0. The molecule has 3 N–H and O–H groups in total. The monoisotopic (exact) mass is 244 g/mol. The minimum atomic E-state index is -0.793. The zero-order valence-electron chi connectivity index (χ0n) is 11.0. The zero-order chi connectivity index (χ0) is 13.3. The second-order valence-electron chi connectivity index (χ2n) is 4.86. The predicted molar refractivity (Wildman–Crippen MR) is 66.9 cm³/mol. The van der Waals surface area contributed by atoms with Crippen molar-refractivity contribution in [3.05, 3.63) is 0 Å². The lowest BCUT2D eigenvalue weighted by molar-refractivity contribution is -0.137. The van der Waals surface area contributed by atoms with Gasteiger partial charge in [0.25, 0.3) is 0 Å². The molecule has 0 aromatic rings. The number of hydrogen-bond donors (Lipinski definition) is 3. The second kappa shape index (κ2) is 8.84. The maximum absolute atomic E-state index is 11.3. The van der Waals surface area contributed by atoms with Crippen LogP contribution in [0.3, 0.4) is 0 Å². The molecule has 0 aliphatic heterocycles. The van der Waals surface area contributed by atoms with E-state index in [2.05, 4.69) is 24.5 Å². The van der Waals surface area contributed by atoms with Crippen molar-refractivity contribution in [2.24, 2.45) is 11.8 Å². The quantitative estimate of drug-likeness (QED) is 0.609. The maximum Gasteiger partial charge on any atom is 0.314 e. The number of aliphatic carboxylic acids is 1. The lowest BCUT2D eigenvalue weighted by Gasteiger charge is -2.12. The van der Waals surface area contributed by atoms with Crippen LogP contribution in [-0.4, -0.2) is 30.2 Å². The topological polar surface area (TPSA) is 78.4 Å². The van der Waals surface area contributed by atoms with E-state index >= 15 is 0 Å². The van der Waals surface area contributed by atoms with Crippen molar-refractivity contribution >= 4 is 12.0 Å². The van der Waals surface area contributed by atoms with E-state index in [0.29, 0.717) is 25.4 Å². The van der Waals surface area contributed by atoms with Crippen LogP contribution in [0.5, 0.6) is 0 Å².